The van der Waals surface area contributed by atoms with Crippen LogP contribution in [0.25, 0.3) is 22.2 Å². The van der Waals surface area contributed by atoms with Crippen LogP contribution in [0.5, 0.6) is 0 Å². The lowest BCUT2D eigenvalue weighted by Crippen LogP contribution is -2.32. The Hall–Kier alpha value is -2.90. The first-order chi connectivity index (χ1) is 13.0. The third kappa shape index (κ3) is 3.39. The molecule has 1 N–H and O–H groups in total. The van der Waals surface area contributed by atoms with E-state index >= 15 is 0 Å². The second kappa shape index (κ2) is 7.02. The van der Waals surface area contributed by atoms with Crippen LogP contribution >= 0.6 is 27.5 Å². The van der Waals surface area contributed by atoms with Gasteiger partial charge in [-0.3, -0.25) is 4.79 Å². The van der Waals surface area contributed by atoms with Gasteiger partial charge in [0.05, 0.1) is 22.1 Å². The molecule has 0 amide bonds. The minimum Gasteiger partial charge on any atom is -0.455 e. The van der Waals surface area contributed by atoms with Gasteiger partial charge in [0.2, 0.25) is 0 Å². The van der Waals surface area contributed by atoms with Gasteiger partial charge in [0.1, 0.15) is 11.5 Å². The number of nitrogens with one attached hydrogen (secondary N) is 1. The maximum Gasteiger partial charge on any atom is 0.349 e. The summed E-state index contributed by atoms with van der Waals surface area (Å²) < 4.78 is 7.26. The molecular weight excluding hydrogens is 434 g/mol. The molecule has 6 nitrogen and oxygen atoms in total. The number of fused-ring (bicyclic) bond motifs is 1. The number of aromatic amines is 1. The lowest BCUT2D eigenvalue weighted by Gasteiger charge is -2.00. The van der Waals surface area contributed by atoms with Crippen LogP contribution in [-0.4, -0.2) is 15.9 Å². The number of para-hydroxylation sites is 1. The van der Waals surface area contributed by atoms with Gasteiger partial charge in [-0.1, -0.05) is 29.8 Å². The van der Waals surface area contributed by atoms with E-state index in [4.69, 9.17) is 16.0 Å². The van der Waals surface area contributed by atoms with Gasteiger partial charge in [0.15, 0.2) is 0 Å². The maximum atomic E-state index is 12.4. The van der Waals surface area contributed by atoms with Crippen LogP contribution in [0.2, 0.25) is 5.02 Å². The fraction of sp³-hybridized carbons (Fsp3) is 0. The molecule has 0 atom stereocenters. The van der Waals surface area contributed by atoms with Gasteiger partial charge in [-0.2, -0.15) is 5.10 Å². The van der Waals surface area contributed by atoms with Crippen molar-refractivity contribution in [2.24, 2.45) is 5.10 Å². The summed E-state index contributed by atoms with van der Waals surface area (Å²) in [6.07, 6.45) is 1.31. The van der Waals surface area contributed by atoms with E-state index in [1.807, 2.05) is 12.1 Å². The Kier molecular flexibility index (Phi) is 4.55. The van der Waals surface area contributed by atoms with E-state index in [9.17, 15) is 9.59 Å². The van der Waals surface area contributed by atoms with Gasteiger partial charge < -0.3 is 9.40 Å². The number of halogens is 2. The summed E-state index contributed by atoms with van der Waals surface area (Å²) in [5.74, 6) is 0.981. The van der Waals surface area contributed by atoms with E-state index in [1.165, 1.54) is 6.21 Å². The standard InChI is InChI=1S/C19H11BrClN3O3/c20-14-7-5-11(9-15(14)21)17-8-6-12(27-17)10-22-24-18(25)13-3-1-2-4-16(13)23-19(24)26/h1-10H,(H,23,26). The topological polar surface area (TPSA) is 80.4 Å². The summed E-state index contributed by atoms with van der Waals surface area (Å²) in [6.45, 7) is 0. The Morgan fingerprint density at radius 1 is 1.11 bits per heavy atom. The molecule has 8 heteroatoms. The molecule has 0 aliphatic rings. The number of hydrogen-bond acceptors (Lipinski definition) is 4. The van der Waals surface area contributed by atoms with Crippen LogP contribution in [0, 0.1) is 0 Å². The molecule has 0 spiro atoms. The molecular formula is C19H11BrClN3O3. The minimum atomic E-state index is -0.624. The molecule has 2 aromatic carbocycles. The fourth-order valence-corrected chi connectivity index (χ4v) is 3.03. The lowest BCUT2D eigenvalue weighted by atomic mass is 10.2. The first-order valence-corrected chi connectivity index (χ1v) is 9.04. The molecule has 4 rings (SSSR count). The summed E-state index contributed by atoms with van der Waals surface area (Å²) in [7, 11) is 0. The van der Waals surface area contributed by atoms with Crippen molar-refractivity contribution in [2.75, 3.05) is 0 Å². The summed E-state index contributed by atoms with van der Waals surface area (Å²) in [5, 5.41) is 4.91. The number of H-pyrrole nitrogens is 1. The van der Waals surface area contributed by atoms with Crippen LogP contribution in [0.15, 0.2) is 78.2 Å². The monoisotopic (exact) mass is 443 g/mol. The van der Waals surface area contributed by atoms with Gasteiger partial charge in [-0.15, -0.1) is 4.68 Å². The molecule has 0 bridgehead atoms. The third-order valence-corrected chi connectivity index (χ3v) is 5.15. The van der Waals surface area contributed by atoms with Gasteiger partial charge in [-0.05, 0) is 52.3 Å². The molecule has 0 saturated carbocycles. The van der Waals surface area contributed by atoms with Crippen molar-refractivity contribution in [1.29, 1.82) is 0 Å². The first kappa shape index (κ1) is 17.5. The second-order valence-electron chi connectivity index (χ2n) is 5.67. The zero-order valence-electron chi connectivity index (χ0n) is 13.6. The Morgan fingerprint density at radius 3 is 2.74 bits per heavy atom. The van der Waals surface area contributed by atoms with Crippen molar-refractivity contribution < 1.29 is 4.42 Å². The molecule has 0 saturated heterocycles. The molecule has 0 aliphatic heterocycles. The predicted molar refractivity (Wildman–Crippen MR) is 109 cm³/mol. The molecule has 0 fully saturated rings. The average Bonchev–Trinajstić information content (AvgIpc) is 3.13. The zero-order chi connectivity index (χ0) is 19.0. The van der Waals surface area contributed by atoms with Gasteiger partial charge >= 0.3 is 5.69 Å². The van der Waals surface area contributed by atoms with E-state index in [0.717, 1.165) is 14.7 Å². The summed E-state index contributed by atoms with van der Waals surface area (Å²) >= 11 is 9.44. The Morgan fingerprint density at radius 2 is 1.93 bits per heavy atom. The highest BCUT2D eigenvalue weighted by atomic mass is 79.9. The summed E-state index contributed by atoms with van der Waals surface area (Å²) in [4.78, 5) is 27.2. The number of benzene rings is 2. The van der Waals surface area contributed by atoms with Crippen LogP contribution < -0.4 is 11.2 Å². The molecule has 27 heavy (non-hydrogen) atoms. The summed E-state index contributed by atoms with van der Waals surface area (Å²) in [6, 6.07) is 15.6. The number of hydrogen-bond donors (Lipinski definition) is 1. The Bertz CT molecular complexity index is 1300. The molecule has 0 radical (unpaired) electrons. The van der Waals surface area contributed by atoms with E-state index < -0.39 is 11.2 Å². The van der Waals surface area contributed by atoms with Gasteiger partial charge in [0.25, 0.3) is 5.56 Å². The number of aromatic nitrogens is 2. The SMILES string of the molecule is O=c1[nH]c2ccccc2c(=O)n1N=Cc1ccc(-c2ccc(Br)c(Cl)c2)o1. The second-order valence-corrected chi connectivity index (χ2v) is 6.93. The molecule has 134 valence electrons. The van der Waals surface area contributed by atoms with Crippen LogP contribution in [0.4, 0.5) is 0 Å². The first-order valence-electron chi connectivity index (χ1n) is 7.86. The molecule has 4 aromatic rings. The van der Waals surface area contributed by atoms with Crippen molar-refractivity contribution in [3.8, 4) is 11.3 Å². The normalized spacial score (nSPS) is 11.5. The molecule has 0 unspecified atom stereocenters. The highest BCUT2D eigenvalue weighted by Crippen LogP contribution is 2.29. The van der Waals surface area contributed by atoms with E-state index in [0.29, 0.717) is 27.4 Å². The van der Waals surface area contributed by atoms with Gasteiger partial charge in [-0.25, -0.2) is 4.79 Å². The minimum absolute atomic E-state index is 0.374. The van der Waals surface area contributed by atoms with E-state index in [1.54, 1.807) is 42.5 Å². The zero-order valence-corrected chi connectivity index (χ0v) is 16.0. The Labute approximate surface area is 165 Å². The average molecular weight is 445 g/mol. The highest BCUT2D eigenvalue weighted by Gasteiger charge is 2.08. The number of nitrogens with zero attached hydrogens (tertiary/aromatic N) is 2. The van der Waals surface area contributed by atoms with Crippen LogP contribution in [-0.2, 0) is 0 Å². The molecule has 0 aliphatic carbocycles. The van der Waals surface area contributed by atoms with Crippen molar-refractivity contribution >= 4 is 44.6 Å². The van der Waals surface area contributed by atoms with Crippen molar-refractivity contribution in [1.82, 2.24) is 9.66 Å². The van der Waals surface area contributed by atoms with Crippen LogP contribution in [0.1, 0.15) is 5.76 Å². The largest absolute Gasteiger partial charge is 0.455 e. The lowest BCUT2D eigenvalue weighted by molar-refractivity contribution is 0.573. The van der Waals surface area contributed by atoms with E-state index in [-0.39, 0.29) is 0 Å². The summed E-state index contributed by atoms with van der Waals surface area (Å²) in [5.41, 5.74) is 0.133. The predicted octanol–water partition coefficient (Wildman–Crippen LogP) is 4.25. The van der Waals surface area contributed by atoms with Crippen molar-refractivity contribution in [3.63, 3.8) is 0 Å². The van der Waals surface area contributed by atoms with E-state index in [2.05, 4.69) is 26.0 Å². The number of rotatable bonds is 3. The highest BCUT2D eigenvalue weighted by molar-refractivity contribution is 9.10. The third-order valence-electron chi connectivity index (χ3n) is 3.92. The Balaban J connectivity index is 1.69. The smallest absolute Gasteiger partial charge is 0.349 e. The van der Waals surface area contributed by atoms with Crippen molar-refractivity contribution in [3.05, 3.63) is 90.7 Å². The van der Waals surface area contributed by atoms with Gasteiger partial charge in [0, 0.05) is 10.0 Å². The fourth-order valence-electron chi connectivity index (χ4n) is 2.60. The molecule has 2 heterocycles. The number of furan rings is 1. The quantitative estimate of drug-likeness (QED) is 0.480. The van der Waals surface area contributed by atoms with Crippen LogP contribution in [0.3, 0.4) is 0 Å². The molecule has 2 aromatic heterocycles. The maximum absolute atomic E-state index is 12.4. The van der Waals surface area contributed by atoms with Crippen molar-refractivity contribution in [2.45, 2.75) is 0 Å².